The predicted octanol–water partition coefficient (Wildman–Crippen LogP) is 2.78. The Morgan fingerprint density at radius 1 is 1.20 bits per heavy atom. The summed E-state index contributed by atoms with van der Waals surface area (Å²) in [7, 11) is 1.51. The molecule has 1 aliphatic heterocycles. The zero-order chi connectivity index (χ0) is 21.7. The number of rotatable bonds is 8. The molecule has 30 heavy (non-hydrogen) atoms. The topological polar surface area (TPSA) is 114 Å². The molecule has 1 saturated heterocycles. The summed E-state index contributed by atoms with van der Waals surface area (Å²) in [5, 5.41) is 14.8. The smallest absolute Gasteiger partial charge is 0.341 e. The molecular weight excluding hydrogens is 446 g/mol. The van der Waals surface area contributed by atoms with E-state index in [0.717, 1.165) is 42.4 Å². The molecule has 2 aromatic heterocycles. The number of esters is 1. The number of carbonyl (C=O) groups excluding carboxylic acids is 3. The Morgan fingerprint density at radius 3 is 2.60 bits per heavy atom. The third-order valence-corrected chi connectivity index (χ3v) is 7.74. The summed E-state index contributed by atoms with van der Waals surface area (Å²) < 4.78 is 5.81. The third-order valence-electron chi connectivity index (χ3n) is 4.41. The van der Waals surface area contributed by atoms with Crippen molar-refractivity contribution in [3.05, 3.63) is 16.0 Å². The van der Waals surface area contributed by atoms with Crippen LogP contribution in [0.3, 0.4) is 0 Å². The summed E-state index contributed by atoms with van der Waals surface area (Å²) in [6, 6.07) is 0. The molecule has 3 heterocycles. The minimum atomic E-state index is -0.566. The van der Waals surface area contributed by atoms with E-state index in [2.05, 4.69) is 25.7 Å². The molecule has 0 radical (unpaired) electrons. The van der Waals surface area contributed by atoms with Gasteiger partial charge in [0.05, 0.1) is 22.8 Å². The maximum absolute atomic E-state index is 12.5. The fraction of sp³-hybridized carbons (Fsp3) is 0.500. The van der Waals surface area contributed by atoms with Crippen LogP contribution in [0.2, 0.25) is 0 Å². The number of hydrogen-bond acceptors (Lipinski definition) is 10. The van der Waals surface area contributed by atoms with E-state index >= 15 is 0 Å². The summed E-state index contributed by atoms with van der Waals surface area (Å²) in [5.41, 5.74) is 0.700. The molecule has 1 aliphatic rings. The van der Waals surface area contributed by atoms with Crippen LogP contribution in [0.4, 0.5) is 10.1 Å². The van der Waals surface area contributed by atoms with E-state index in [4.69, 9.17) is 4.74 Å². The van der Waals surface area contributed by atoms with Crippen LogP contribution >= 0.6 is 34.4 Å². The van der Waals surface area contributed by atoms with Gasteiger partial charge in [-0.25, -0.2) is 4.79 Å². The number of amides is 2. The molecule has 1 fully saturated rings. The second-order valence-corrected chi connectivity index (χ2v) is 9.64. The number of aromatic nitrogens is 2. The first kappa shape index (κ1) is 22.5. The van der Waals surface area contributed by atoms with E-state index in [-0.39, 0.29) is 29.7 Å². The van der Waals surface area contributed by atoms with Crippen molar-refractivity contribution in [2.45, 2.75) is 31.0 Å². The summed E-state index contributed by atoms with van der Waals surface area (Å²) >= 11 is 3.82. The quantitative estimate of drug-likeness (QED) is 0.448. The monoisotopic (exact) mass is 469 g/mol. The van der Waals surface area contributed by atoms with Crippen LogP contribution in [-0.2, 0) is 9.53 Å². The molecule has 0 bridgehead atoms. The molecule has 0 aliphatic carbocycles. The number of carbonyl (C=O) groups is 3. The lowest BCUT2D eigenvalue weighted by Crippen LogP contribution is -2.18. The molecule has 0 saturated carbocycles. The van der Waals surface area contributed by atoms with Crippen molar-refractivity contribution in [3.8, 4) is 0 Å². The van der Waals surface area contributed by atoms with Crippen LogP contribution in [0.1, 0.15) is 45.4 Å². The molecule has 2 N–H and O–H groups in total. The van der Waals surface area contributed by atoms with Gasteiger partial charge in [-0.05, 0) is 32.3 Å². The van der Waals surface area contributed by atoms with Gasteiger partial charge < -0.3 is 20.3 Å². The summed E-state index contributed by atoms with van der Waals surface area (Å²) in [6.45, 7) is 5.54. The Hall–Kier alpha value is -2.18. The van der Waals surface area contributed by atoms with Crippen molar-refractivity contribution in [2.24, 2.45) is 0 Å². The summed E-state index contributed by atoms with van der Waals surface area (Å²) in [6.07, 6.45) is 2.32. The Labute approximate surface area is 186 Å². The number of hydrogen-bond donors (Lipinski definition) is 2. The van der Waals surface area contributed by atoms with E-state index in [1.165, 1.54) is 30.1 Å². The predicted molar refractivity (Wildman–Crippen MR) is 119 cm³/mol. The maximum Gasteiger partial charge on any atom is 0.341 e. The molecule has 12 heteroatoms. The van der Waals surface area contributed by atoms with Crippen molar-refractivity contribution in [2.75, 3.05) is 42.7 Å². The molecule has 3 rings (SSSR count). The van der Waals surface area contributed by atoms with Gasteiger partial charge in [-0.3, -0.25) is 9.59 Å². The largest absolute Gasteiger partial charge is 0.462 e. The number of ether oxygens (including phenoxy) is 1. The van der Waals surface area contributed by atoms with Gasteiger partial charge in [-0.1, -0.05) is 23.1 Å². The highest BCUT2D eigenvalue weighted by Crippen LogP contribution is 2.34. The van der Waals surface area contributed by atoms with Crippen LogP contribution in [0.25, 0.3) is 0 Å². The zero-order valence-electron chi connectivity index (χ0n) is 16.9. The van der Waals surface area contributed by atoms with Crippen LogP contribution in [0.5, 0.6) is 0 Å². The maximum atomic E-state index is 12.5. The lowest BCUT2D eigenvalue weighted by atomic mass is 10.1. The van der Waals surface area contributed by atoms with Gasteiger partial charge in [0.15, 0.2) is 4.34 Å². The van der Waals surface area contributed by atoms with Crippen molar-refractivity contribution in [1.29, 1.82) is 0 Å². The first-order valence-electron chi connectivity index (χ1n) is 9.48. The number of thiophene rings is 1. The molecule has 2 amide bonds. The normalized spacial score (nSPS) is 13.4. The van der Waals surface area contributed by atoms with Gasteiger partial charge in [-0.15, -0.1) is 21.5 Å². The first-order valence-corrected chi connectivity index (χ1v) is 12.1. The highest BCUT2D eigenvalue weighted by molar-refractivity contribution is 8.01. The fourth-order valence-electron chi connectivity index (χ4n) is 2.97. The Balaban J connectivity index is 1.68. The average Bonchev–Trinajstić information content (AvgIpc) is 3.46. The lowest BCUT2D eigenvalue weighted by molar-refractivity contribution is -0.113. The zero-order valence-corrected chi connectivity index (χ0v) is 19.4. The minimum Gasteiger partial charge on any atom is -0.462 e. The van der Waals surface area contributed by atoms with E-state index in [9.17, 15) is 14.4 Å². The lowest BCUT2D eigenvalue weighted by Gasteiger charge is -2.10. The average molecular weight is 470 g/mol. The van der Waals surface area contributed by atoms with Gasteiger partial charge in [0.25, 0.3) is 5.91 Å². The molecule has 0 unspecified atom stereocenters. The molecule has 0 spiro atoms. The molecule has 9 nitrogen and oxygen atoms in total. The Kier molecular flexibility index (Phi) is 7.67. The highest BCUT2D eigenvalue weighted by Gasteiger charge is 2.26. The molecular formula is C18H23N5O4S3. The number of nitrogens with zero attached hydrogens (tertiary/aromatic N) is 3. The van der Waals surface area contributed by atoms with Gasteiger partial charge in [0.2, 0.25) is 11.0 Å². The SMILES string of the molecule is CCOC(=O)c1c(NC(=O)CSc2nnc(N3CCCC3)s2)sc(C(=O)NC)c1C. The van der Waals surface area contributed by atoms with E-state index in [1.807, 2.05) is 0 Å². The highest BCUT2D eigenvalue weighted by atomic mass is 32.2. The minimum absolute atomic E-state index is 0.114. The van der Waals surface area contributed by atoms with Gasteiger partial charge in [-0.2, -0.15) is 0 Å². The second-order valence-electron chi connectivity index (χ2n) is 6.44. The first-order chi connectivity index (χ1) is 14.4. The summed E-state index contributed by atoms with van der Waals surface area (Å²) in [4.78, 5) is 39.5. The van der Waals surface area contributed by atoms with Gasteiger partial charge >= 0.3 is 5.97 Å². The van der Waals surface area contributed by atoms with Crippen molar-refractivity contribution in [1.82, 2.24) is 15.5 Å². The number of nitrogens with one attached hydrogen (secondary N) is 2. The standard InChI is InChI=1S/C18H23N5O4S3/c1-4-27-16(26)12-10(2)13(14(25)19-3)29-15(12)20-11(24)9-28-18-22-21-17(30-18)23-7-5-6-8-23/h4-9H2,1-3H3,(H,19,25)(H,20,24). The van der Waals surface area contributed by atoms with Crippen molar-refractivity contribution < 1.29 is 19.1 Å². The number of anilines is 2. The molecule has 0 aromatic carbocycles. The third kappa shape index (κ3) is 5.10. The molecule has 0 atom stereocenters. The number of thioether (sulfide) groups is 1. The fourth-order valence-corrected chi connectivity index (χ4v) is 5.82. The molecule has 162 valence electrons. The van der Waals surface area contributed by atoms with Crippen molar-refractivity contribution >= 4 is 62.4 Å². The summed E-state index contributed by atoms with van der Waals surface area (Å²) in [5.74, 6) is -1.07. The Bertz CT molecular complexity index is 936. The van der Waals surface area contributed by atoms with E-state index < -0.39 is 5.97 Å². The van der Waals surface area contributed by atoms with Crippen LogP contribution in [0, 0.1) is 6.92 Å². The van der Waals surface area contributed by atoms with Crippen LogP contribution < -0.4 is 15.5 Å². The van der Waals surface area contributed by atoms with Crippen molar-refractivity contribution in [3.63, 3.8) is 0 Å². The molecule has 2 aromatic rings. The van der Waals surface area contributed by atoms with Crippen LogP contribution in [-0.4, -0.2) is 60.5 Å². The van der Waals surface area contributed by atoms with Gasteiger partial charge in [0, 0.05) is 20.1 Å². The van der Waals surface area contributed by atoms with E-state index in [1.54, 1.807) is 13.8 Å². The Morgan fingerprint density at radius 2 is 1.93 bits per heavy atom. The second kappa shape index (κ2) is 10.2. The van der Waals surface area contributed by atoms with E-state index in [0.29, 0.717) is 19.8 Å². The van der Waals surface area contributed by atoms with Crippen LogP contribution in [0.15, 0.2) is 4.34 Å². The van der Waals surface area contributed by atoms with Gasteiger partial charge in [0.1, 0.15) is 5.00 Å².